The van der Waals surface area contributed by atoms with E-state index in [1.807, 2.05) is 39.8 Å². The average Bonchev–Trinajstić information content (AvgIpc) is 3.14. The van der Waals surface area contributed by atoms with Crippen LogP contribution in [0.1, 0.15) is 35.3 Å². The molecule has 3 N–H and O–H groups in total. The van der Waals surface area contributed by atoms with Crippen LogP contribution in [0.4, 0.5) is 11.4 Å². The Balaban J connectivity index is 1.66. The van der Waals surface area contributed by atoms with Gasteiger partial charge in [0.15, 0.2) is 0 Å². The Bertz CT molecular complexity index is 1410. The van der Waals surface area contributed by atoms with Crippen LogP contribution in [0, 0.1) is 13.8 Å². The summed E-state index contributed by atoms with van der Waals surface area (Å²) in [6.07, 6.45) is -0.250. The van der Waals surface area contributed by atoms with E-state index in [1.54, 1.807) is 36.4 Å². The van der Waals surface area contributed by atoms with Crippen LogP contribution in [0.3, 0.4) is 0 Å². The lowest BCUT2D eigenvalue weighted by Gasteiger charge is -2.13. The second-order valence-corrected chi connectivity index (χ2v) is 8.62. The minimum atomic E-state index is -1.07. The highest BCUT2D eigenvalue weighted by molar-refractivity contribution is 6.70. The molecule has 0 fully saturated rings. The third-order valence-electron chi connectivity index (χ3n) is 5.62. The minimum Gasteiger partial charge on any atom is -0.505 e. The van der Waals surface area contributed by atoms with Crippen molar-refractivity contribution in [3.05, 3.63) is 77.4 Å². The van der Waals surface area contributed by atoms with Gasteiger partial charge < -0.3 is 14.9 Å². The Morgan fingerprint density at radius 1 is 1.06 bits per heavy atom. The number of nitrogens with zero attached hydrogens (tertiary/aromatic N) is 3. The van der Waals surface area contributed by atoms with E-state index in [0.29, 0.717) is 16.8 Å². The molecule has 9 nitrogen and oxygen atoms in total. The number of aromatic hydroxyl groups is 1. The van der Waals surface area contributed by atoms with Crippen LogP contribution in [-0.4, -0.2) is 39.8 Å². The smallest absolute Gasteiger partial charge is 0.335 e. The number of hydrazone groups is 2. The standard InChI is InChI=1S/C27H26N4O5/c1-15(2)36-25-23(26(33)31(30-25)20-12-11-16(3)17(4)13-20)29-28-22-10-6-9-21(24(22)32)18-7-5-8-19(14-18)27(34)35/h5-15,28,32H,1-4H3,(H,34,35)/b29-23-. The Labute approximate surface area is 208 Å². The molecule has 3 aromatic carbocycles. The van der Waals surface area contributed by atoms with E-state index in [1.165, 1.54) is 17.1 Å². The van der Waals surface area contributed by atoms with E-state index < -0.39 is 11.9 Å². The summed E-state index contributed by atoms with van der Waals surface area (Å²) < 4.78 is 5.75. The number of carbonyl (C=O) groups is 2. The van der Waals surface area contributed by atoms with Crippen molar-refractivity contribution in [2.24, 2.45) is 10.2 Å². The van der Waals surface area contributed by atoms with Crippen LogP contribution < -0.4 is 10.4 Å². The number of anilines is 2. The predicted octanol–water partition coefficient (Wildman–Crippen LogP) is 4.93. The van der Waals surface area contributed by atoms with Crippen LogP contribution >= 0.6 is 0 Å². The molecule has 9 heteroatoms. The lowest BCUT2D eigenvalue weighted by Crippen LogP contribution is -2.30. The van der Waals surface area contributed by atoms with Crippen LogP contribution in [0.25, 0.3) is 11.1 Å². The number of benzene rings is 3. The number of para-hydroxylation sites is 1. The van der Waals surface area contributed by atoms with E-state index in [-0.39, 0.29) is 34.7 Å². The summed E-state index contributed by atoms with van der Waals surface area (Å²) in [5, 5.41) is 30.0. The summed E-state index contributed by atoms with van der Waals surface area (Å²) >= 11 is 0. The molecule has 0 aromatic heterocycles. The number of carboxylic acid groups (broad SMARTS) is 1. The van der Waals surface area contributed by atoms with Crippen molar-refractivity contribution in [3.8, 4) is 16.9 Å². The maximum Gasteiger partial charge on any atom is 0.335 e. The van der Waals surface area contributed by atoms with Gasteiger partial charge in [-0.3, -0.25) is 10.2 Å². The third kappa shape index (κ3) is 4.90. The zero-order valence-corrected chi connectivity index (χ0v) is 20.3. The van der Waals surface area contributed by atoms with Gasteiger partial charge in [-0.05, 0) is 74.7 Å². The van der Waals surface area contributed by atoms with Gasteiger partial charge in [0.2, 0.25) is 5.71 Å². The first-order chi connectivity index (χ1) is 17.2. The van der Waals surface area contributed by atoms with Gasteiger partial charge in [0.05, 0.1) is 23.0 Å². The number of carbonyl (C=O) groups excluding carboxylic acids is 1. The van der Waals surface area contributed by atoms with Crippen molar-refractivity contribution in [3.63, 3.8) is 0 Å². The predicted molar refractivity (Wildman–Crippen MR) is 139 cm³/mol. The first-order valence-corrected chi connectivity index (χ1v) is 11.3. The molecule has 1 aliphatic rings. The molecule has 4 rings (SSSR count). The highest BCUT2D eigenvalue weighted by Gasteiger charge is 2.35. The molecule has 1 amide bonds. The molecule has 0 aliphatic carbocycles. The fraction of sp³-hybridized carbons (Fsp3) is 0.185. The second kappa shape index (κ2) is 9.91. The lowest BCUT2D eigenvalue weighted by atomic mass is 10.0. The van der Waals surface area contributed by atoms with E-state index in [9.17, 15) is 19.8 Å². The molecule has 0 saturated carbocycles. The Morgan fingerprint density at radius 3 is 2.50 bits per heavy atom. The number of carboxylic acids is 1. The van der Waals surface area contributed by atoms with Crippen LogP contribution in [-0.2, 0) is 9.53 Å². The summed E-state index contributed by atoms with van der Waals surface area (Å²) in [5.74, 6) is -1.64. The number of phenols is 1. The number of aromatic carboxylic acids is 1. The van der Waals surface area contributed by atoms with Gasteiger partial charge in [-0.2, -0.15) is 10.1 Å². The number of phenolic OH excluding ortho intramolecular Hbond substituents is 1. The largest absolute Gasteiger partial charge is 0.505 e. The highest BCUT2D eigenvalue weighted by Crippen LogP contribution is 2.36. The van der Waals surface area contributed by atoms with Crippen LogP contribution in [0.15, 0.2) is 70.9 Å². The van der Waals surface area contributed by atoms with Gasteiger partial charge in [-0.15, -0.1) is 5.10 Å². The normalized spacial score (nSPS) is 14.4. The first kappa shape index (κ1) is 24.5. The molecule has 0 unspecified atom stereocenters. The van der Waals surface area contributed by atoms with Crippen molar-refractivity contribution >= 4 is 34.9 Å². The lowest BCUT2D eigenvalue weighted by molar-refractivity contribution is -0.112. The fourth-order valence-corrected chi connectivity index (χ4v) is 3.61. The second-order valence-electron chi connectivity index (χ2n) is 8.62. The SMILES string of the molecule is Cc1ccc(N2N=C(OC(C)C)/C(=N/Nc3cccc(-c4cccc(C(=O)O)c4)c3O)C2=O)cc1C. The van der Waals surface area contributed by atoms with Gasteiger partial charge in [0.25, 0.3) is 5.90 Å². The molecule has 1 heterocycles. The zero-order chi connectivity index (χ0) is 26.0. The fourth-order valence-electron chi connectivity index (χ4n) is 3.61. The Morgan fingerprint density at radius 2 is 1.81 bits per heavy atom. The maximum absolute atomic E-state index is 13.2. The van der Waals surface area contributed by atoms with Crippen LogP contribution in [0.5, 0.6) is 5.75 Å². The number of amides is 1. The number of rotatable bonds is 6. The number of hydrogen-bond donors (Lipinski definition) is 3. The van der Waals surface area contributed by atoms with Gasteiger partial charge in [0, 0.05) is 5.56 Å². The van der Waals surface area contributed by atoms with E-state index in [4.69, 9.17) is 4.74 Å². The maximum atomic E-state index is 13.2. The quantitative estimate of drug-likeness (QED) is 0.335. The van der Waals surface area contributed by atoms with Crippen molar-refractivity contribution in [2.75, 3.05) is 10.4 Å². The molecule has 0 saturated heterocycles. The molecule has 36 heavy (non-hydrogen) atoms. The Hall–Kier alpha value is -4.66. The van der Waals surface area contributed by atoms with Crippen molar-refractivity contribution in [1.82, 2.24) is 0 Å². The van der Waals surface area contributed by atoms with Crippen molar-refractivity contribution < 1.29 is 24.5 Å². The molecule has 0 radical (unpaired) electrons. The first-order valence-electron chi connectivity index (χ1n) is 11.3. The average molecular weight is 487 g/mol. The van der Waals surface area contributed by atoms with Crippen molar-refractivity contribution in [2.45, 2.75) is 33.8 Å². The zero-order valence-electron chi connectivity index (χ0n) is 20.3. The monoisotopic (exact) mass is 486 g/mol. The molecular formula is C27H26N4O5. The van der Waals surface area contributed by atoms with Crippen LogP contribution in [0.2, 0.25) is 0 Å². The number of hydrogen-bond acceptors (Lipinski definition) is 7. The molecule has 0 atom stereocenters. The highest BCUT2D eigenvalue weighted by atomic mass is 16.5. The van der Waals surface area contributed by atoms with Gasteiger partial charge in [-0.1, -0.05) is 30.3 Å². The summed E-state index contributed by atoms with van der Waals surface area (Å²) in [5.41, 5.74) is 6.64. The minimum absolute atomic E-state index is 0.0420. The molecular weight excluding hydrogens is 460 g/mol. The number of aryl methyl sites for hydroxylation is 2. The Kier molecular flexibility index (Phi) is 6.73. The number of nitrogens with one attached hydrogen (secondary N) is 1. The van der Waals surface area contributed by atoms with E-state index >= 15 is 0 Å². The molecule has 184 valence electrons. The summed E-state index contributed by atoms with van der Waals surface area (Å²) in [6.45, 7) is 7.57. The number of ether oxygens (including phenoxy) is 1. The summed E-state index contributed by atoms with van der Waals surface area (Å²) in [7, 11) is 0. The molecule has 0 bridgehead atoms. The van der Waals surface area contributed by atoms with Gasteiger partial charge in [0.1, 0.15) is 5.75 Å². The van der Waals surface area contributed by atoms with Crippen molar-refractivity contribution in [1.29, 1.82) is 0 Å². The van der Waals surface area contributed by atoms with Gasteiger partial charge >= 0.3 is 11.9 Å². The molecule has 3 aromatic rings. The van der Waals surface area contributed by atoms with E-state index in [0.717, 1.165) is 11.1 Å². The molecule has 0 spiro atoms. The van der Waals surface area contributed by atoms with E-state index in [2.05, 4.69) is 15.6 Å². The summed E-state index contributed by atoms with van der Waals surface area (Å²) in [4.78, 5) is 24.6. The summed E-state index contributed by atoms with van der Waals surface area (Å²) in [6, 6.07) is 16.7. The third-order valence-corrected chi connectivity index (χ3v) is 5.62. The molecule has 1 aliphatic heterocycles. The van der Waals surface area contributed by atoms with Gasteiger partial charge in [-0.25, -0.2) is 4.79 Å². The topological polar surface area (TPSA) is 124 Å².